The van der Waals surface area contributed by atoms with Gasteiger partial charge < -0.3 is 20.7 Å². The third kappa shape index (κ3) is 6.22. The largest absolute Gasteiger partial charge is 0.489 e. The molecule has 3 N–H and O–H groups in total. The van der Waals surface area contributed by atoms with Crippen molar-refractivity contribution in [1.29, 1.82) is 0 Å². The molecule has 2 aromatic carbocycles. The van der Waals surface area contributed by atoms with Crippen LogP contribution in [0.5, 0.6) is 5.75 Å². The predicted molar refractivity (Wildman–Crippen MR) is 102 cm³/mol. The van der Waals surface area contributed by atoms with Gasteiger partial charge in [-0.1, -0.05) is 30.3 Å². The number of nitrogens with one attached hydrogen (secondary N) is 1. The van der Waals surface area contributed by atoms with E-state index in [-0.39, 0.29) is 18.2 Å². The van der Waals surface area contributed by atoms with Gasteiger partial charge in [0.1, 0.15) is 12.4 Å². The molecule has 0 heterocycles. The predicted octanol–water partition coefficient (Wildman–Crippen LogP) is 2.40. The average Bonchev–Trinajstić information content (AvgIpc) is 2.65. The normalized spacial score (nSPS) is 11.5. The standard InChI is InChI=1S/C20H25N3O3/c1-23(2)19(24)13-12-18(21)20(25)22-16-8-10-17(11-9-16)26-14-15-6-4-3-5-7-15/h3-11,18H,12-14,21H2,1-2H3,(H,22,25). The lowest BCUT2D eigenvalue weighted by Crippen LogP contribution is -2.36. The number of rotatable bonds is 8. The van der Waals surface area contributed by atoms with Crippen molar-refractivity contribution in [3.8, 4) is 5.75 Å². The number of benzene rings is 2. The fraction of sp³-hybridized carbons (Fsp3) is 0.300. The maximum atomic E-state index is 12.1. The van der Waals surface area contributed by atoms with E-state index in [0.717, 1.165) is 5.56 Å². The molecule has 0 aliphatic rings. The van der Waals surface area contributed by atoms with Gasteiger partial charge in [0.25, 0.3) is 0 Å². The molecule has 0 aromatic heterocycles. The number of ether oxygens (including phenoxy) is 1. The fourth-order valence-electron chi connectivity index (χ4n) is 2.24. The molecule has 0 saturated heterocycles. The van der Waals surface area contributed by atoms with Gasteiger partial charge in [-0.15, -0.1) is 0 Å². The molecule has 0 bridgehead atoms. The minimum atomic E-state index is -0.729. The summed E-state index contributed by atoms with van der Waals surface area (Å²) >= 11 is 0. The van der Waals surface area contributed by atoms with Crippen LogP contribution in [-0.4, -0.2) is 36.9 Å². The van der Waals surface area contributed by atoms with Crippen LogP contribution >= 0.6 is 0 Å². The quantitative estimate of drug-likeness (QED) is 0.761. The summed E-state index contributed by atoms with van der Waals surface area (Å²) < 4.78 is 5.71. The topological polar surface area (TPSA) is 84.7 Å². The summed E-state index contributed by atoms with van der Waals surface area (Å²) in [6.07, 6.45) is 0.551. The van der Waals surface area contributed by atoms with E-state index in [1.165, 1.54) is 4.90 Å². The second-order valence-electron chi connectivity index (χ2n) is 6.22. The molecule has 1 unspecified atom stereocenters. The Balaban J connectivity index is 1.80. The van der Waals surface area contributed by atoms with Gasteiger partial charge in [0.15, 0.2) is 0 Å². The number of amides is 2. The molecule has 138 valence electrons. The number of carbonyl (C=O) groups excluding carboxylic acids is 2. The second-order valence-corrected chi connectivity index (χ2v) is 6.22. The summed E-state index contributed by atoms with van der Waals surface area (Å²) in [6.45, 7) is 0.483. The monoisotopic (exact) mass is 355 g/mol. The molecule has 0 fully saturated rings. The van der Waals surface area contributed by atoms with Crippen LogP contribution in [0.3, 0.4) is 0 Å². The van der Waals surface area contributed by atoms with Gasteiger partial charge in [-0.05, 0) is 36.2 Å². The third-order valence-corrected chi connectivity index (χ3v) is 3.87. The van der Waals surface area contributed by atoms with E-state index in [2.05, 4.69) is 5.32 Å². The first-order valence-corrected chi connectivity index (χ1v) is 8.49. The Morgan fingerprint density at radius 3 is 2.35 bits per heavy atom. The van der Waals surface area contributed by atoms with Crippen LogP contribution in [0, 0.1) is 0 Å². The number of anilines is 1. The highest BCUT2D eigenvalue weighted by Gasteiger charge is 2.16. The molecule has 2 aromatic rings. The molecule has 0 aliphatic carbocycles. The van der Waals surface area contributed by atoms with Gasteiger partial charge in [0.05, 0.1) is 6.04 Å². The number of carbonyl (C=O) groups is 2. The number of nitrogens with two attached hydrogens (primary N) is 1. The molecule has 2 rings (SSSR count). The van der Waals surface area contributed by atoms with E-state index in [1.54, 1.807) is 38.4 Å². The number of hydrogen-bond donors (Lipinski definition) is 2. The van der Waals surface area contributed by atoms with Crippen molar-refractivity contribution in [2.45, 2.75) is 25.5 Å². The van der Waals surface area contributed by atoms with Crippen molar-refractivity contribution < 1.29 is 14.3 Å². The molecular formula is C20H25N3O3. The van der Waals surface area contributed by atoms with Crippen molar-refractivity contribution >= 4 is 17.5 Å². The van der Waals surface area contributed by atoms with Gasteiger partial charge in [0.2, 0.25) is 11.8 Å². The van der Waals surface area contributed by atoms with Gasteiger partial charge in [-0.2, -0.15) is 0 Å². The summed E-state index contributed by atoms with van der Waals surface area (Å²) in [5.74, 6) is 0.357. The van der Waals surface area contributed by atoms with E-state index in [0.29, 0.717) is 24.5 Å². The van der Waals surface area contributed by atoms with Crippen molar-refractivity contribution in [1.82, 2.24) is 4.90 Å². The molecule has 0 aliphatic heterocycles. The maximum absolute atomic E-state index is 12.1. The van der Waals surface area contributed by atoms with Gasteiger partial charge in [0, 0.05) is 26.2 Å². The van der Waals surface area contributed by atoms with E-state index >= 15 is 0 Å². The van der Waals surface area contributed by atoms with E-state index < -0.39 is 6.04 Å². The summed E-state index contributed by atoms with van der Waals surface area (Å²) in [5.41, 5.74) is 7.57. The van der Waals surface area contributed by atoms with Crippen molar-refractivity contribution in [3.63, 3.8) is 0 Å². The van der Waals surface area contributed by atoms with Crippen LogP contribution in [0.2, 0.25) is 0 Å². The third-order valence-electron chi connectivity index (χ3n) is 3.87. The molecule has 0 spiro atoms. The molecule has 6 nitrogen and oxygen atoms in total. The van der Waals surface area contributed by atoms with Crippen LogP contribution in [0.1, 0.15) is 18.4 Å². The zero-order chi connectivity index (χ0) is 18.9. The average molecular weight is 355 g/mol. The first-order valence-electron chi connectivity index (χ1n) is 8.49. The zero-order valence-corrected chi connectivity index (χ0v) is 15.1. The van der Waals surface area contributed by atoms with Gasteiger partial charge in [-0.3, -0.25) is 9.59 Å². The van der Waals surface area contributed by atoms with Crippen LogP contribution in [-0.2, 0) is 16.2 Å². The molecule has 6 heteroatoms. The van der Waals surface area contributed by atoms with E-state index in [9.17, 15) is 9.59 Å². The first kappa shape index (κ1) is 19.5. The number of hydrogen-bond acceptors (Lipinski definition) is 4. The lowest BCUT2D eigenvalue weighted by atomic mass is 10.1. The molecule has 1 atom stereocenters. The van der Waals surface area contributed by atoms with Crippen molar-refractivity contribution in [3.05, 3.63) is 60.2 Å². The van der Waals surface area contributed by atoms with Gasteiger partial charge >= 0.3 is 0 Å². The minimum absolute atomic E-state index is 0.0480. The van der Waals surface area contributed by atoms with Crippen LogP contribution < -0.4 is 15.8 Å². The first-order chi connectivity index (χ1) is 12.5. The second kappa shape index (κ2) is 9.58. The molecular weight excluding hydrogens is 330 g/mol. The highest BCUT2D eigenvalue weighted by atomic mass is 16.5. The Morgan fingerprint density at radius 2 is 1.73 bits per heavy atom. The Bertz CT molecular complexity index is 715. The van der Waals surface area contributed by atoms with Crippen molar-refractivity contribution in [2.24, 2.45) is 5.73 Å². The summed E-state index contributed by atoms with van der Waals surface area (Å²) in [4.78, 5) is 25.1. The smallest absolute Gasteiger partial charge is 0.241 e. The summed E-state index contributed by atoms with van der Waals surface area (Å²) in [5, 5.41) is 2.75. The Hall–Kier alpha value is -2.86. The van der Waals surface area contributed by atoms with E-state index in [1.807, 2.05) is 30.3 Å². The molecule has 0 saturated carbocycles. The maximum Gasteiger partial charge on any atom is 0.241 e. The van der Waals surface area contributed by atoms with Crippen molar-refractivity contribution in [2.75, 3.05) is 19.4 Å². The Labute approximate surface area is 153 Å². The molecule has 26 heavy (non-hydrogen) atoms. The molecule has 0 radical (unpaired) electrons. The van der Waals surface area contributed by atoms with Crippen LogP contribution in [0.4, 0.5) is 5.69 Å². The zero-order valence-electron chi connectivity index (χ0n) is 15.1. The van der Waals surface area contributed by atoms with Crippen LogP contribution in [0.25, 0.3) is 0 Å². The highest BCUT2D eigenvalue weighted by molar-refractivity contribution is 5.95. The summed E-state index contributed by atoms with van der Waals surface area (Å²) in [6, 6.07) is 16.3. The van der Waals surface area contributed by atoms with E-state index in [4.69, 9.17) is 10.5 Å². The SMILES string of the molecule is CN(C)C(=O)CCC(N)C(=O)Nc1ccc(OCc2ccccc2)cc1. The van der Waals surface area contributed by atoms with Crippen LogP contribution in [0.15, 0.2) is 54.6 Å². The van der Waals surface area contributed by atoms with Gasteiger partial charge in [-0.25, -0.2) is 0 Å². The lowest BCUT2D eigenvalue weighted by Gasteiger charge is -2.14. The Morgan fingerprint density at radius 1 is 1.08 bits per heavy atom. The fourth-order valence-corrected chi connectivity index (χ4v) is 2.24. The summed E-state index contributed by atoms with van der Waals surface area (Å²) in [7, 11) is 3.35. The highest BCUT2D eigenvalue weighted by Crippen LogP contribution is 2.17. The lowest BCUT2D eigenvalue weighted by molar-refractivity contribution is -0.129. The molecule has 2 amide bonds. The minimum Gasteiger partial charge on any atom is -0.489 e. The Kier molecular flexibility index (Phi) is 7.17. The number of nitrogens with zero attached hydrogens (tertiary/aromatic N) is 1.